The smallest absolute Gasteiger partial charge is 0.234 e. The molecule has 0 unspecified atom stereocenters. The first-order valence-electron chi connectivity index (χ1n) is 7.84. The van der Waals surface area contributed by atoms with Gasteiger partial charge in [-0.25, -0.2) is 0 Å². The summed E-state index contributed by atoms with van der Waals surface area (Å²) in [6.07, 6.45) is 0. The summed E-state index contributed by atoms with van der Waals surface area (Å²) in [5.74, 6) is 0.824. The van der Waals surface area contributed by atoms with Crippen LogP contribution in [-0.4, -0.2) is 31.5 Å². The summed E-state index contributed by atoms with van der Waals surface area (Å²) in [6, 6.07) is 15.3. The van der Waals surface area contributed by atoms with Crippen molar-refractivity contribution in [3.63, 3.8) is 0 Å². The van der Waals surface area contributed by atoms with E-state index in [0.717, 1.165) is 16.9 Å². The van der Waals surface area contributed by atoms with Crippen LogP contribution in [0.4, 0.5) is 0 Å². The van der Waals surface area contributed by atoms with Crippen LogP contribution in [0, 0.1) is 0 Å². The lowest BCUT2D eigenvalue weighted by atomic mass is 10.1. The molecule has 0 aliphatic carbocycles. The number of benzene rings is 2. The van der Waals surface area contributed by atoms with Crippen LogP contribution >= 0.6 is 11.6 Å². The van der Waals surface area contributed by atoms with Crippen LogP contribution in [0.5, 0.6) is 5.75 Å². The molecular weight excluding hydrogens is 324 g/mol. The lowest BCUT2D eigenvalue weighted by Gasteiger charge is -2.19. The van der Waals surface area contributed by atoms with E-state index in [-0.39, 0.29) is 11.9 Å². The van der Waals surface area contributed by atoms with Gasteiger partial charge in [-0.15, -0.1) is 0 Å². The molecule has 4 nitrogen and oxygen atoms in total. The summed E-state index contributed by atoms with van der Waals surface area (Å²) in [7, 11) is 3.57. The van der Waals surface area contributed by atoms with Gasteiger partial charge in [0.2, 0.25) is 5.91 Å². The van der Waals surface area contributed by atoms with Crippen molar-refractivity contribution in [2.75, 3.05) is 20.7 Å². The number of hydrogen-bond acceptors (Lipinski definition) is 3. The molecule has 1 atom stereocenters. The normalized spacial score (nSPS) is 12.0. The molecule has 0 spiro atoms. The fourth-order valence-corrected chi connectivity index (χ4v) is 2.59. The molecule has 1 amide bonds. The average Bonchev–Trinajstić information content (AvgIpc) is 2.55. The number of carbonyl (C=O) groups is 1. The van der Waals surface area contributed by atoms with Crippen molar-refractivity contribution in [3.05, 3.63) is 64.7 Å². The van der Waals surface area contributed by atoms with Crippen LogP contribution in [0.15, 0.2) is 48.5 Å². The second-order valence-electron chi connectivity index (χ2n) is 5.86. The highest BCUT2D eigenvalue weighted by atomic mass is 35.5. The zero-order valence-electron chi connectivity index (χ0n) is 14.3. The Morgan fingerprint density at radius 3 is 2.38 bits per heavy atom. The number of hydrogen-bond donors (Lipinski definition) is 1. The molecule has 0 aromatic heterocycles. The Morgan fingerprint density at radius 2 is 1.79 bits per heavy atom. The molecule has 0 radical (unpaired) electrons. The van der Waals surface area contributed by atoms with Crippen molar-refractivity contribution in [1.29, 1.82) is 0 Å². The van der Waals surface area contributed by atoms with E-state index in [4.69, 9.17) is 16.3 Å². The molecular formula is C19H23ClN2O2. The predicted molar refractivity (Wildman–Crippen MR) is 97.3 cm³/mol. The van der Waals surface area contributed by atoms with Crippen molar-refractivity contribution in [1.82, 2.24) is 10.2 Å². The van der Waals surface area contributed by atoms with E-state index in [1.165, 1.54) is 0 Å². The first-order chi connectivity index (χ1) is 11.5. The van der Waals surface area contributed by atoms with Crippen molar-refractivity contribution >= 4 is 17.5 Å². The lowest BCUT2D eigenvalue weighted by Crippen LogP contribution is -2.36. The minimum absolute atomic E-state index is 0.00605. The van der Waals surface area contributed by atoms with Gasteiger partial charge in [0.05, 0.1) is 19.7 Å². The van der Waals surface area contributed by atoms with E-state index in [9.17, 15) is 4.79 Å². The number of rotatable bonds is 7. The molecule has 0 aliphatic heterocycles. The van der Waals surface area contributed by atoms with E-state index in [1.54, 1.807) is 7.11 Å². The van der Waals surface area contributed by atoms with Crippen molar-refractivity contribution < 1.29 is 9.53 Å². The number of amides is 1. The Morgan fingerprint density at radius 1 is 1.17 bits per heavy atom. The molecule has 0 saturated heterocycles. The summed E-state index contributed by atoms with van der Waals surface area (Å²) in [4.78, 5) is 14.2. The fraction of sp³-hybridized carbons (Fsp3) is 0.316. The molecule has 128 valence electrons. The summed E-state index contributed by atoms with van der Waals surface area (Å²) in [5, 5.41) is 3.70. The fourth-order valence-electron chi connectivity index (χ4n) is 2.47. The minimum atomic E-state index is -0.0517. The van der Waals surface area contributed by atoms with Gasteiger partial charge in [-0.2, -0.15) is 0 Å². The highest BCUT2D eigenvalue weighted by Crippen LogP contribution is 2.16. The molecule has 2 rings (SSSR count). The van der Waals surface area contributed by atoms with Gasteiger partial charge < -0.3 is 10.1 Å². The summed E-state index contributed by atoms with van der Waals surface area (Å²) in [5.41, 5.74) is 2.17. The van der Waals surface area contributed by atoms with Gasteiger partial charge in [-0.05, 0) is 49.4 Å². The standard InChI is InChI=1S/C19H23ClN2O2/c1-14(16-6-8-17(20)9-7-16)21-19(23)13-22(2)12-15-4-10-18(24-3)11-5-15/h4-11,14H,12-13H2,1-3H3,(H,21,23)/t14-/m1/s1. The highest BCUT2D eigenvalue weighted by molar-refractivity contribution is 6.30. The molecule has 0 heterocycles. The topological polar surface area (TPSA) is 41.6 Å². The number of likely N-dealkylation sites (N-methyl/N-ethyl adjacent to an activating group) is 1. The van der Waals surface area contributed by atoms with Crippen LogP contribution in [0.25, 0.3) is 0 Å². The quantitative estimate of drug-likeness (QED) is 0.832. The maximum atomic E-state index is 12.2. The number of nitrogens with one attached hydrogen (secondary N) is 1. The SMILES string of the molecule is COc1ccc(CN(C)CC(=O)N[C@H](C)c2ccc(Cl)cc2)cc1. The minimum Gasteiger partial charge on any atom is -0.497 e. The average molecular weight is 347 g/mol. The maximum absolute atomic E-state index is 12.2. The number of carbonyl (C=O) groups excluding carboxylic acids is 1. The monoisotopic (exact) mass is 346 g/mol. The second-order valence-corrected chi connectivity index (χ2v) is 6.30. The predicted octanol–water partition coefficient (Wildman–Crippen LogP) is 3.66. The van der Waals surface area contributed by atoms with E-state index in [2.05, 4.69) is 5.32 Å². The Bertz CT molecular complexity index is 656. The van der Waals surface area contributed by atoms with E-state index in [0.29, 0.717) is 18.1 Å². The van der Waals surface area contributed by atoms with E-state index in [1.807, 2.05) is 67.4 Å². The van der Waals surface area contributed by atoms with Crippen LogP contribution in [0.1, 0.15) is 24.1 Å². The van der Waals surface area contributed by atoms with E-state index < -0.39 is 0 Å². The van der Waals surface area contributed by atoms with Gasteiger partial charge in [0.25, 0.3) is 0 Å². The first-order valence-corrected chi connectivity index (χ1v) is 8.22. The van der Waals surface area contributed by atoms with E-state index >= 15 is 0 Å². The van der Waals surface area contributed by atoms with Crippen LogP contribution in [-0.2, 0) is 11.3 Å². The van der Waals surface area contributed by atoms with Gasteiger partial charge in [0, 0.05) is 11.6 Å². The molecule has 1 N–H and O–H groups in total. The second kappa shape index (κ2) is 8.71. The molecule has 0 bridgehead atoms. The molecule has 2 aromatic carbocycles. The first kappa shape index (κ1) is 18.3. The Kier molecular flexibility index (Phi) is 6.64. The van der Waals surface area contributed by atoms with Crippen molar-refractivity contribution in [2.45, 2.75) is 19.5 Å². The molecule has 24 heavy (non-hydrogen) atoms. The van der Waals surface area contributed by atoms with Gasteiger partial charge in [0.15, 0.2) is 0 Å². The third-order valence-electron chi connectivity index (χ3n) is 3.77. The van der Waals surface area contributed by atoms with Crippen LogP contribution < -0.4 is 10.1 Å². The van der Waals surface area contributed by atoms with Crippen molar-refractivity contribution in [2.24, 2.45) is 0 Å². The summed E-state index contributed by atoms with van der Waals surface area (Å²) >= 11 is 5.89. The molecule has 2 aromatic rings. The summed E-state index contributed by atoms with van der Waals surface area (Å²) in [6.45, 7) is 3.00. The maximum Gasteiger partial charge on any atom is 0.234 e. The summed E-state index contributed by atoms with van der Waals surface area (Å²) < 4.78 is 5.15. The van der Waals surface area contributed by atoms with Gasteiger partial charge in [-0.3, -0.25) is 9.69 Å². The number of nitrogens with zero attached hydrogens (tertiary/aromatic N) is 1. The third-order valence-corrected chi connectivity index (χ3v) is 4.02. The van der Waals surface area contributed by atoms with Crippen LogP contribution in [0.3, 0.4) is 0 Å². The van der Waals surface area contributed by atoms with Crippen LogP contribution in [0.2, 0.25) is 5.02 Å². The molecule has 0 saturated carbocycles. The molecule has 0 fully saturated rings. The van der Waals surface area contributed by atoms with Gasteiger partial charge >= 0.3 is 0 Å². The number of methoxy groups -OCH3 is 1. The number of ether oxygens (including phenoxy) is 1. The Balaban J connectivity index is 1.83. The highest BCUT2D eigenvalue weighted by Gasteiger charge is 2.12. The Hall–Kier alpha value is -2.04. The zero-order valence-corrected chi connectivity index (χ0v) is 15.0. The Labute approximate surface area is 148 Å². The molecule has 0 aliphatic rings. The zero-order chi connectivity index (χ0) is 17.5. The lowest BCUT2D eigenvalue weighted by molar-refractivity contribution is -0.122. The van der Waals surface area contributed by atoms with Crippen molar-refractivity contribution in [3.8, 4) is 5.75 Å². The third kappa shape index (κ3) is 5.55. The largest absolute Gasteiger partial charge is 0.497 e. The molecule has 5 heteroatoms. The van der Waals surface area contributed by atoms with Gasteiger partial charge in [-0.1, -0.05) is 35.9 Å². The number of halogens is 1. The van der Waals surface area contributed by atoms with Gasteiger partial charge in [0.1, 0.15) is 5.75 Å².